The smallest absolute Gasteiger partial charge is 0.262 e. The van der Waals surface area contributed by atoms with Gasteiger partial charge in [-0.15, -0.1) is 0 Å². The van der Waals surface area contributed by atoms with Crippen molar-refractivity contribution in [2.24, 2.45) is 0 Å². The fourth-order valence-corrected chi connectivity index (χ4v) is 4.38. The number of thioether (sulfide) groups is 1. The molecule has 1 unspecified atom stereocenters. The molecule has 150 valence electrons. The standard InChI is InChI=1S/C22H34N2O2S/c1-13(2)23-20-24(9)19(26)17(27-20)12-14-10-15(21(3,4)5)18(25)16(11-14)22(6,7)8/h10-13,20,23,25H,1-9H3/b17-12-. The second-order valence-corrected chi connectivity index (χ2v) is 10.8. The molecule has 1 atom stereocenters. The van der Waals surface area contributed by atoms with Crippen molar-refractivity contribution in [1.82, 2.24) is 10.2 Å². The number of nitrogens with one attached hydrogen (secondary N) is 1. The van der Waals surface area contributed by atoms with Crippen molar-refractivity contribution in [2.75, 3.05) is 7.05 Å². The number of carbonyl (C=O) groups is 1. The number of likely N-dealkylation sites (N-methyl/N-ethyl adjacent to an activating group) is 1. The normalized spacial score (nSPS) is 20.2. The Morgan fingerprint density at radius 1 is 1.11 bits per heavy atom. The van der Waals surface area contributed by atoms with Crippen LogP contribution in [-0.2, 0) is 15.6 Å². The Morgan fingerprint density at radius 3 is 2.00 bits per heavy atom. The number of hydrogen-bond acceptors (Lipinski definition) is 4. The topological polar surface area (TPSA) is 52.6 Å². The molecule has 1 aliphatic heterocycles. The third kappa shape index (κ3) is 4.88. The van der Waals surface area contributed by atoms with Gasteiger partial charge >= 0.3 is 0 Å². The summed E-state index contributed by atoms with van der Waals surface area (Å²) in [5.74, 6) is 0.389. The molecule has 0 aromatic heterocycles. The molecule has 1 amide bonds. The molecule has 0 spiro atoms. The summed E-state index contributed by atoms with van der Waals surface area (Å²) in [6.07, 6.45) is 1.95. The van der Waals surface area contributed by atoms with E-state index in [1.165, 1.54) is 0 Å². The largest absolute Gasteiger partial charge is 0.507 e. The van der Waals surface area contributed by atoms with E-state index < -0.39 is 0 Å². The van der Waals surface area contributed by atoms with E-state index in [0.717, 1.165) is 21.6 Å². The molecule has 1 aromatic carbocycles. The van der Waals surface area contributed by atoms with Crippen LogP contribution >= 0.6 is 11.8 Å². The Labute approximate surface area is 168 Å². The van der Waals surface area contributed by atoms with Gasteiger partial charge in [-0.25, -0.2) is 0 Å². The Bertz CT molecular complexity index is 720. The molecule has 2 N–H and O–H groups in total. The number of hydrogen-bond donors (Lipinski definition) is 2. The van der Waals surface area contributed by atoms with E-state index in [1.54, 1.807) is 16.7 Å². The Hall–Kier alpha value is -1.46. The predicted molar refractivity (Wildman–Crippen MR) is 116 cm³/mol. The highest BCUT2D eigenvalue weighted by Crippen LogP contribution is 2.41. The van der Waals surface area contributed by atoms with E-state index in [-0.39, 0.29) is 22.2 Å². The van der Waals surface area contributed by atoms with E-state index >= 15 is 0 Å². The number of phenols is 1. The van der Waals surface area contributed by atoms with Crippen LogP contribution in [0.15, 0.2) is 17.0 Å². The number of phenolic OH excluding ortho intramolecular Hbond substituents is 1. The van der Waals surface area contributed by atoms with Crippen LogP contribution in [0.4, 0.5) is 0 Å². The van der Waals surface area contributed by atoms with Crippen molar-refractivity contribution in [3.05, 3.63) is 33.7 Å². The quantitative estimate of drug-likeness (QED) is 0.727. The van der Waals surface area contributed by atoms with E-state index in [1.807, 2.05) is 25.3 Å². The lowest BCUT2D eigenvalue weighted by Crippen LogP contribution is -2.42. The van der Waals surface area contributed by atoms with Crippen molar-refractivity contribution < 1.29 is 9.90 Å². The summed E-state index contributed by atoms with van der Waals surface area (Å²) < 4.78 is 0. The van der Waals surface area contributed by atoms with E-state index in [9.17, 15) is 9.90 Å². The van der Waals surface area contributed by atoms with Gasteiger partial charge in [0.1, 0.15) is 11.2 Å². The maximum absolute atomic E-state index is 12.7. The molecule has 2 rings (SSSR count). The Kier molecular flexibility index (Phi) is 6.08. The van der Waals surface area contributed by atoms with Crippen LogP contribution in [0.25, 0.3) is 6.08 Å². The molecule has 1 fully saturated rings. The number of carbonyl (C=O) groups excluding carboxylic acids is 1. The molecule has 1 heterocycles. The van der Waals surface area contributed by atoms with Gasteiger partial charge in [0.2, 0.25) is 0 Å². The van der Waals surface area contributed by atoms with Crippen LogP contribution in [-0.4, -0.2) is 34.5 Å². The molecular weight excluding hydrogens is 356 g/mol. The second-order valence-electron chi connectivity index (χ2n) is 9.68. The van der Waals surface area contributed by atoms with Crippen molar-refractivity contribution in [1.29, 1.82) is 0 Å². The van der Waals surface area contributed by atoms with Crippen molar-refractivity contribution in [3.63, 3.8) is 0 Å². The summed E-state index contributed by atoms with van der Waals surface area (Å²) in [7, 11) is 1.83. The first kappa shape index (κ1) is 21.8. The van der Waals surface area contributed by atoms with Crippen molar-refractivity contribution in [3.8, 4) is 5.75 Å². The molecule has 1 saturated heterocycles. The fraction of sp³-hybridized carbons (Fsp3) is 0.591. The zero-order valence-corrected chi connectivity index (χ0v) is 18.9. The van der Waals surface area contributed by atoms with Gasteiger partial charge in [-0.3, -0.25) is 10.1 Å². The van der Waals surface area contributed by atoms with Gasteiger partial charge in [0, 0.05) is 24.2 Å². The minimum absolute atomic E-state index is 0.0286. The van der Waals surface area contributed by atoms with Crippen LogP contribution in [0.5, 0.6) is 5.75 Å². The van der Waals surface area contributed by atoms with Crippen LogP contribution in [0, 0.1) is 0 Å². The van der Waals surface area contributed by atoms with Gasteiger partial charge in [0.15, 0.2) is 0 Å². The van der Waals surface area contributed by atoms with Gasteiger partial charge in [-0.05, 0) is 48.4 Å². The SMILES string of the molecule is CC(C)NC1S/C(=C\c2cc(C(C)(C)C)c(O)c(C(C)(C)C)c2)C(=O)N1C. The summed E-state index contributed by atoms with van der Waals surface area (Å²) in [5, 5.41) is 14.3. The van der Waals surface area contributed by atoms with Crippen LogP contribution < -0.4 is 5.32 Å². The molecule has 27 heavy (non-hydrogen) atoms. The average Bonchev–Trinajstić information content (AvgIpc) is 2.74. The van der Waals surface area contributed by atoms with Crippen LogP contribution in [0.1, 0.15) is 72.1 Å². The number of rotatable bonds is 3. The predicted octanol–water partition coefficient (Wildman–Crippen LogP) is 4.81. The highest BCUT2D eigenvalue weighted by Gasteiger charge is 2.34. The first-order valence-corrected chi connectivity index (χ1v) is 10.4. The van der Waals surface area contributed by atoms with Gasteiger partial charge in [-0.1, -0.05) is 53.3 Å². The minimum atomic E-state index is -0.191. The van der Waals surface area contributed by atoms with E-state index in [4.69, 9.17) is 0 Å². The lowest BCUT2D eigenvalue weighted by molar-refractivity contribution is -0.125. The summed E-state index contributed by atoms with van der Waals surface area (Å²) in [6.45, 7) is 16.7. The molecule has 4 nitrogen and oxygen atoms in total. The first-order chi connectivity index (χ1) is 12.2. The molecule has 1 aromatic rings. The zero-order valence-electron chi connectivity index (χ0n) is 18.1. The number of nitrogens with zero attached hydrogens (tertiary/aromatic N) is 1. The summed E-state index contributed by atoms with van der Waals surface area (Å²) in [4.78, 5) is 15.1. The third-order valence-electron chi connectivity index (χ3n) is 4.64. The van der Waals surface area contributed by atoms with Crippen molar-refractivity contribution >= 4 is 23.7 Å². The van der Waals surface area contributed by atoms with Gasteiger partial charge in [0.05, 0.1) is 4.91 Å². The molecular formula is C22H34N2O2S. The third-order valence-corrected chi connectivity index (χ3v) is 5.87. The van der Waals surface area contributed by atoms with Crippen LogP contribution in [0.3, 0.4) is 0 Å². The summed E-state index contributed by atoms with van der Waals surface area (Å²) in [6, 6.07) is 4.31. The maximum Gasteiger partial charge on any atom is 0.262 e. The number of aromatic hydroxyl groups is 1. The molecule has 0 radical (unpaired) electrons. The monoisotopic (exact) mass is 390 g/mol. The number of benzene rings is 1. The lowest BCUT2D eigenvalue weighted by atomic mass is 9.78. The Morgan fingerprint density at radius 2 is 1.59 bits per heavy atom. The highest BCUT2D eigenvalue weighted by atomic mass is 32.2. The molecule has 0 saturated carbocycles. The number of amides is 1. The van der Waals surface area contributed by atoms with Crippen molar-refractivity contribution in [2.45, 2.75) is 77.8 Å². The molecule has 1 aliphatic rings. The highest BCUT2D eigenvalue weighted by molar-refractivity contribution is 8.05. The molecule has 0 aliphatic carbocycles. The summed E-state index contributed by atoms with van der Waals surface area (Å²) >= 11 is 1.54. The average molecular weight is 391 g/mol. The Balaban J connectivity index is 2.53. The van der Waals surface area contributed by atoms with Gasteiger partial charge in [0.25, 0.3) is 5.91 Å². The fourth-order valence-electron chi connectivity index (χ4n) is 3.09. The van der Waals surface area contributed by atoms with E-state index in [0.29, 0.717) is 11.8 Å². The second kappa shape index (κ2) is 7.51. The lowest BCUT2D eigenvalue weighted by Gasteiger charge is -2.28. The minimum Gasteiger partial charge on any atom is -0.507 e. The molecule has 0 bridgehead atoms. The zero-order chi connectivity index (χ0) is 20.7. The van der Waals surface area contributed by atoms with E-state index in [2.05, 4.69) is 60.7 Å². The molecule has 5 heteroatoms. The summed E-state index contributed by atoms with van der Waals surface area (Å²) in [5.41, 5.74) is 2.33. The first-order valence-electron chi connectivity index (χ1n) is 9.51. The van der Waals surface area contributed by atoms with Crippen LogP contribution in [0.2, 0.25) is 0 Å². The van der Waals surface area contributed by atoms with Gasteiger partial charge < -0.3 is 10.0 Å². The maximum atomic E-state index is 12.7. The van der Waals surface area contributed by atoms with Gasteiger partial charge in [-0.2, -0.15) is 0 Å².